The lowest BCUT2D eigenvalue weighted by Crippen LogP contribution is -2.45. The first kappa shape index (κ1) is 20.9. The first-order valence-corrected chi connectivity index (χ1v) is 9.37. The van der Waals surface area contributed by atoms with Gasteiger partial charge >= 0.3 is 5.97 Å². The van der Waals surface area contributed by atoms with Crippen molar-refractivity contribution in [2.24, 2.45) is 11.1 Å². The van der Waals surface area contributed by atoms with Crippen molar-refractivity contribution in [3.63, 3.8) is 0 Å². The lowest BCUT2D eigenvalue weighted by atomic mass is 9.68. The maximum absolute atomic E-state index is 13.0. The molecule has 1 fully saturated rings. The number of Topliss-reactive ketones (excluding diaryl/α,β-unsaturated/α-hetero) is 1. The highest BCUT2D eigenvalue weighted by atomic mass is 35.5. The fraction of sp³-hybridized carbons (Fsp3) is 0.300. The topological polar surface area (TPSA) is 113 Å². The summed E-state index contributed by atoms with van der Waals surface area (Å²) in [5.41, 5.74) is 4.48. The number of ether oxygens (including phenoxy) is 1. The van der Waals surface area contributed by atoms with Crippen LogP contribution in [0, 0.1) is 16.7 Å². The third-order valence-corrected chi connectivity index (χ3v) is 6.22. The zero-order valence-corrected chi connectivity index (χ0v) is 17.1. The van der Waals surface area contributed by atoms with E-state index in [4.69, 9.17) is 33.7 Å². The van der Waals surface area contributed by atoms with Gasteiger partial charge in [0.05, 0.1) is 29.3 Å². The van der Waals surface area contributed by atoms with Gasteiger partial charge in [-0.2, -0.15) is 5.26 Å². The molecule has 2 heterocycles. The molecule has 1 aromatic rings. The zero-order valence-electron chi connectivity index (χ0n) is 15.6. The van der Waals surface area contributed by atoms with Crippen molar-refractivity contribution in [3.8, 4) is 6.07 Å². The number of ketones is 1. The molecule has 2 N–H and O–H groups in total. The summed E-state index contributed by atoms with van der Waals surface area (Å²) >= 11 is 12.6. The van der Waals surface area contributed by atoms with Crippen LogP contribution in [0.1, 0.15) is 18.4 Å². The number of rotatable bonds is 4. The molecule has 0 bridgehead atoms. The molecule has 0 radical (unpaired) electrons. The van der Waals surface area contributed by atoms with Crippen LogP contribution < -0.4 is 5.73 Å². The van der Waals surface area contributed by atoms with Crippen molar-refractivity contribution in [2.45, 2.75) is 24.9 Å². The minimum Gasteiger partial charge on any atom is -0.468 e. The number of halogens is 2. The highest BCUT2D eigenvalue weighted by molar-refractivity contribution is 6.42. The smallest absolute Gasteiger partial charge is 0.329 e. The summed E-state index contributed by atoms with van der Waals surface area (Å²) in [6.45, 7) is 1.37. The summed E-state index contributed by atoms with van der Waals surface area (Å²) in [4.78, 5) is 38.8. The number of nitrogens with zero attached hydrogens (tertiary/aromatic N) is 2. The Morgan fingerprint density at radius 2 is 2.00 bits per heavy atom. The molecule has 1 saturated heterocycles. The molecule has 7 nitrogen and oxygen atoms in total. The fourth-order valence-electron chi connectivity index (χ4n) is 4.12. The Hall–Kier alpha value is -2.82. The third-order valence-electron chi connectivity index (χ3n) is 5.38. The maximum atomic E-state index is 13.0. The monoisotopic (exact) mass is 433 g/mol. The van der Waals surface area contributed by atoms with Gasteiger partial charge < -0.3 is 15.4 Å². The Morgan fingerprint density at radius 1 is 1.31 bits per heavy atom. The number of hydrogen-bond acceptors (Lipinski definition) is 6. The zero-order chi connectivity index (χ0) is 21.5. The summed E-state index contributed by atoms with van der Waals surface area (Å²) in [6, 6.07) is 4.75. The number of nitriles is 1. The number of carbonyl (C=O) groups is 3. The summed E-state index contributed by atoms with van der Waals surface area (Å²) in [5, 5.41) is 10.5. The van der Waals surface area contributed by atoms with Crippen molar-refractivity contribution < 1.29 is 19.1 Å². The predicted octanol–water partition coefficient (Wildman–Crippen LogP) is 2.34. The van der Waals surface area contributed by atoms with E-state index in [1.165, 1.54) is 30.2 Å². The molecule has 2 aliphatic heterocycles. The van der Waals surface area contributed by atoms with Gasteiger partial charge in [-0.3, -0.25) is 14.4 Å². The number of carbonyl (C=O) groups excluding carboxylic acids is 3. The number of allylic oxidation sites excluding steroid dienone is 2. The van der Waals surface area contributed by atoms with Crippen molar-refractivity contribution >= 4 is 40.9 Å². The normalized spacial score (nSPS) is 27.6. The molecule has 2 aliphatic rings. The molecule has 3 rings (SSSR count). The maximum Gasteiger partial charge on any atom is 0.329 e. The van der Waals surface area contributed by atoms with E-state index in [-0.39, 0.29) is 15.8 Å². The van der Waals surface area contributed by atoms with Crippen LogP contribution in [-0.2, 0) is 19.1 Å². The van der Waals surface area contributed by atoms with Crippen molar-refractivity contribution in [1.82, 2.24) is 4.90 Å². The van der Waals surface area contributed by atoms with Gasteiger partial charge in [-0.25, -0.2) is 0 Å². The Labute approximate surface area is 177 Å². The molecule has 4 atom stereocenters. The summed E-state index contributed by atoms with van der Waals surface area (Å²) in [6.07, 6.45) is 4.49. The van der Waals surface area contributed by atoms with Crippen LogP contribution in [0.5, 0.6) is 0 Å². The first-order chi connectivity index (χ1) is 13.7. The molecule has 0 spiro atoms. The molecule has 1 aromatic carbocycles. The number of fused-ring (bicyclic) bond motifs is 1. The third kappa shape index (κ3) is 3.00. The molecule has 29 heavy (non-hydrogen) atoms. The van der Waals surface area contributed by atoms with E-state index in [2.05, 4.69) is 6.07 Å². The molecule has 0 aromatic heterocycles. The predicted molar refractivity (Wildman–Crippen MR) is 106 cm³/mol. The molecular formula is C20H17Cl2N3O4. The number of hydrogen-bond donors (Lipinski definition) is 1. The van der Waals surface area contributed by atoms with Crippen LogP contribution in [0.25, 0.3) is 0 Å². The van der Waals surface area contributed by atoms with Gasteiger partial charge in [0.1, 0.15) is 6.04 Å². The van der Waals surface area contributed by atoms with Gasteiger partial charge in [0, 0.05) is 17.7 Å². The molecule has 1 amide bonds. The van der Waals surface area contributed by atoms with E-state index in [0.717, 1.165) is 7.11 Å². The lowest BCUT2D eigenvalue weighted by molar-refractivity contribution is -0.150. The van der Waals surface area contributed by atoms with Gasteiger partial charge in [0.2, 0.25) is 5.91 Å². The lowest BCUT2D eigenvalue weighted by Gasteiger charge is -2.32. The molecule has 9 heteroatoms. The highest BCUT2D eigenvalue weighted by Crippen LogP contribution is 2.55. The van der Waals surface area contributed by atoms with E-state index >= 15 is 0 Å². The molecule has 0 saturated carbocycles. The molecular weight excluding hydrogens is 417 g/mol. The molecule has 150 valence electrons. The second kappa shape index (κ2) is 7.54. The average Bonchev–Trinajstić information content (AvgIpc) is 2.99. The minimum absolute atomic E-state index is 0.105. The number of methoxy groups -OCH3 is 1. The van der Waals surface area contributed by atoms with Crippen LogP contribution in [0.2, 0.25) is 10.0 Å². The number of amides is 1. The number of primary amides is 1. The van der Waals surface area contributed by atoms with Crippen LogP contribution in [0.4, 0.5) is 0 Å². The fourth-order valence-corrected chi connectivity index (χ4v) is 4.54. The van der Waals surface area contributed by atoms with Gasteiger partial charge in [0.25, 0.3) is 0 Å². The summed E-state index contributed by atoms with van der Waals surface area (Å²) in [5.74, 6) is -2.95. The number of esters is 1. The Kier molecular flexibility index (Phi) is 5.44. The second-order valence-corrected chi connectivity index (χ2v) is 7.62. The summed E-state index contributed by atoms with van der Waals surface area (Å²) < 4.78 is 4.96. The number of nitrogens with two attached hydrogens (primary N) is 1. The average molecular weight is 434 g/mol. The van der Waals surface area contributed by atoms with Gasteiger partial charge in [-0.15, -0.1) is 0 Å². The van der Waals surface area contributed by atoms with Crippen molar-refractivity contribution in [1.29, 1.82) is 5.26 Å². The summed E-state index contributed by atoms with van der Waals surface area (Å²) in [7, 11) is 1.16. The van der Waals surface area contributed by atoms with Crippen molar-refractivity contribution in [2.75, 3.05) is 7.11 Å². The van der Waals surface area contributed by atoms with E-state index in [9.17, 15) is 19.6 Å². The molecule has 0 aliphatic carbocycles. The Bertz CT molecular complexity index is 1010. The largest absolute Gasteiger partial charge is 0.468 e. The first-order valence-electron chi connectivity index (χ1n) is 8.62. The SMILES string of the molecule is COC(=O)[C@@]1(C#N)[C@H](c2cccc(Cl)c2Cl)[C@H](C(N)=O)N2C=C(C(C)=O)C=C[C@@H]21. The van der Waals surface area contributed by atoms with Crippen LogP contribution >= 0.6 is 23.2 Å². The van der Waals surface area contributed by atoms with Crippen LogP contribution in [0.15, 0.2) is 42.1 Å². The minimum atomic E-state index is -1.85. The molecule has 0 unspecified atom stereocenters. The second-order valence-electron chi connectivity index (χ2n) is 6.83. The van der Waals surface area contributed by atoms with Crippen LogP contribution in [-0.4, -0.2) is 41.8 Å². The Morgan fingerprint density at radius 3 is 2.55 bits per heavy atom. The standard InChI is InChI=1S/C20H17Cl2N3O4/c1-10(26)11-6-7-14-20(9-23,19(28)29-2)15(17(18(24)27)25(14)8-11)12-4-3-5-13(21)16(12)22/h3-8,14-15,17H,1-2H3,(H2,24,27)/t14-,15-,17-,20-/m1/s1. The van der Waals surface area contributed by atoms with Gasteiger partial charge in [-0.05, 0) is 18.6 Å². The quantitative estimate of drug-likeness (QED) is 0.728. The van der Waals surface area contributed by atoms with E-state index in [1.54, 1.807) is 18.2 Å². The van der Waals surface area contributed by atoms with Crippen LogP contribution in [0.3, 0.4) is 0 Å². The number of benzene rings is 1. The van der Waals surface area contributed by atoms with E-state index in [0.29, 0.717) is 11.1 Å². The van der Waals surface area contributed by atoms with Gasteiger partial charge in [-0.1, -0.05) is 47.5 Å². The highest BCUT2D eigenvalue weighted by Gasteiger charge is 2.66. The Balaban J connectivity index is 2.36. The van der Waals surface area contributed by atoms with E-state index < -0.39 is 35.3 Å². The van der Waals surface area contributed by atoms with Crippen molar-refractivity contribution in [3.05, 3.63) is 57.7 Å². The van der Waals surface area contributed by atoms with Gasteiger partial charge in [0.15, 0.2) is 11.2 Å². The van der Waals surface area contributed by atoms with E-state index in [1.807, 2.05) is 0 Å².